The molecule has 0 spiro atoms. The van der Waals surface area contributed by atoms with Crippen LogP contribution in [0.4, 0.5) is 0 Å². The second kappa shape index (κ2) is 11.7. The average molecular weight is 418 g/mol. The molecular weight excluding hydrogens is 394 g/mol. The van der Waals surface area contributed by atoms with Gasteiger partial charge in [0.2, 0.25) is 5.91 Å². The number of methoxy groups -OCH3 is 1. The van der Waals surface area contributed by atoms with Gasteiger partial charge in [-0.2, -0.15) is 5.10 Å². The van der Waals surface area contributed by atoms with Crippen LogP contribution >= 0.6 is 11.6 Å². The maximum atomic E-state index is 12.0. The predicted molar refractivity (Wildman–Crippen MR) is 113 cm³/mol. The molecule has 3 N–H and O–H groups in total. The van der Waals surface area contributed by atoms with Gasteiger partial charge in [-0.25, -0.2) is 5.43 Å². The number of nitrogens with one attached hydrogen (secondary N) is 2. The fourth-order valence-electron chi connectivity index (χ4n) is 2.54. The maximum absolute atomic E-state index is 12.0. The van der Waals surface area contributed by atoms with E-state index in [0.717, 1.165) is 12.8 Å². The van der Waals surface area contributed by atoms with E-state index in [-0.39, 0.29) is 17.6 Å². The summed E-state index contributed by atoms with van der Waals surface area (Å²) in [5, 5.41) is 16.7. The van der Waals surface area contributed by atoms with Crippen LogP contribution in [0.3, 0.4) is 0 Å². The summed E-state index contributed by atoms with van der Waals surface area (Å²) in [5.74, 6) is -0.0146. The summed E-state index contributed by atoms with van der Waals surface area (Å²) in [5.41, 5.74) is 3.61. The van der Waals surface area contributed by atoms with Gasteiger partial charge < -0.3 is 15.2 Å². The predicted octanol–water partition coefficient (Wildman–Crippen LogP) is 3.49. The zero-order chi connectivity index (χ0) is 21.1. The van der Waals surface area contributed by atoms with Crippen molar-refractivity contribution in [1.29, 1.82) is 0 Å². The Morgan fingerprint density at radius 2 is 1.97 bits per heavy atom. The number of hydrogen-bond acceptors (Lipinski definition) is 5. The molecule has 0 fully saturated rings. The van der Waals surface area contributed by atoms with Crippen molar-refractivity contribution < 1.29 is 19.4 Å². The number of aromatic hydroxyl groups is 1. The standard InChI is InChI=1S/C21H24ClN3O4/c1-29-19-13-15(10-11-18(19)26)14-24-25-20(27)9-3-2-6-12-23-21(28)16-7-4-5-8-17(16)22/h4-5,7-8,10-11,13-14,26H,2-3,6,9,12H2,1H3,(H,23,28)(H,25,27)/b24-14+. The Morgan fingerprint density at radius 1 is 1.17 bits per heavy atom. The van der Waals surface area contributed by atoms with Crippen LogP contribution in [0.15, 0.2) is 47.6 Å². The molecule has 2 aromatic rings. The summed E-state index contributed by atoms with van der Waals surface area (Å²) >= 11 is 5.99. The lowest BCUT2D eigenvalue weighted by atomic mass is 10.1. The van der Waals surface area contributed by atoms with E-state index in [9.17, 15) is 14.7 Å². The Balaban J connectivity index is 1.60. The third-order valence-electron chi connectivity index (χ3n) is 4.09. The van der Waals surface area contributed by atoms with Crippen LogP contribution in [0.2, 0.25) is 5.02 Å². The molecular formula is C21H24ClN3O4. The zero-order valence-electron chi connectivity index (χ0n) is 16.2. The molecule has 0 aliphatic rings. The van der Waals surface area contributed by atoms with Gasteiger partial charge in [0.25, 0.3) is 5.91 Å². The SMILES string of the molecule is COc1cc(/C=N/NC(=O)CCCCCNC(=O)c2ccccc2Cl)ccc1O. The van der Waals surface area contributed by atoms with Crippen molar-refractivity contribution in [2.45, 2.75) is 25.7 Å². The number of unbranched alkanes of at least 4 members (excludes halogenated alkanes) is 2. The number of hydrogen-bond donors (Lipinski definition) is 3. The highest BCUT2D eigenvalue weighted by atomic mass is 35.5. The van der Waals surface area contributed by atoms with Crippen LogP contribution in [-0.4, -0.2) is 36.8 Å². The van der Waals surface area contributed by atoms with Gasteiger partial charge in [0, 0.05) is 13.0 Å². The van der Waals surface area contributed by atoms with E-state index >= 15 is 0 Å². The van der Waals surface area contributed by atoms with E-state index in [2.05, 4.69) is 15.8 Å². The lowest BCUT2D eigenvalue weighted by Crippen LogP contribution is -2.24. The molecule has 0 unspecified atom stereocenters. The van der Waals surface area contributed by atoms with Crippen LogP contribution in [0, 0.1) is 0 Å². The van der Waals surface area contributed by atoms with Crippen LogP contribution in [0.1, 0.15) is 41.6 Å². The normalized spacial score (nSPS) is 10.7. The number of halogens is 1. The largest absolute Gasteiger partial charge is 0.504 e. The summed E-state index contributed by atoms with van der Waals surface area (Å²) in [7, 11) is 1.46. The molecule has 2 rings (SSSR count). The Morgan fingerprint density at radius 3 is 2.72 bits per heavy atom. The number of phenols is 1. The molecule has 0 saturated carbocycles. The highest BCUT2D eigenvalue weighted by Gasteiger charge is 2.08. The first-order valence-corrected chi connectivity index (χ1v) is 9.60. The molecule has 0 aliphatic heterocycles. The average Bonchev–Trinajstić information content (AvgIpc) is 2.72. The quantitative estimate of drug-likeness (QED) is 0.313. The maximum Gasteiger partial charge on any atom is 0.252 e. The summed E-state index contributed by atoms with van der Waals surface area (Å²) in [4.78, 5) is 23.8. The zero-order valence-corrected chi connectivity index (χ0v) is 16.9. The van der Waals surface area contributed by atoms with Gasteiger partial charge in [-0.15, -0.1) is 0 Å². The van der Waals surface area contributed by atoms with Gasteiger partial charge >= 0.3 is 0 Å². The first-order valence-electron chi connectivity index (χ1n) is 9.23. The van der Waals surface area contributed by atoms with Crippen molar-refractivity contribution in [2.24, 2.45) is 5.10 Å². The number of benzene rings is 2. The molecule has 0 bridgehead atoms. The van der Waals surface area contributed by atoms with E-state index < -0.39 is 0 Å². The molecule has 0 aliphatic carbocycles. The Bertz CT molecular complexity index is 871. The minimum atomic E-state index is -0.200. The van der Waals surface area contributed by atoms with Gasteiger partial charge in [-0.1, -0.05) is 30.2 Å². The number of nitrogens with zero attached hydrogens (tertiary/aromatic N) is 1. The van der Waals surface area contributed by atoms with Crippen molar-refractivity contribution in [1.82, 2.24) is 10.7 Å². The Labute approximate surface area is 174 Å². The van der Waals surface area contributed by atoms with Gasteiger partial charge in [0.15, 0.2) is 11.5 Å². The van der Waals surface area contributed by atoms with Crippen LogP contribution < -0.4 is 15.5 Å². The van der Waals surface area contributed by atoms with Crippen molar-refractivity contribution in [3.05, 3.63) is 58.6 Å². The monoisotopic (exact) mass is 417 g/mol. The Hall–Kier alpha value is -3.06. The molecule has 0 aromatic heterocycles. The third-order valence-corrected chi connectivity index (χ3v) is 4.42. The number of hydrazone groups is 1. The molecule has 8 heteroatoms. The minimum Gasteiger partial charge on any atom is -0.504 e. The number of amides is 2. The summed E-state index contributed by atoms with van der Waals surface area (Å²) in [6.45, 7) is 0.520. The molecule has 0 heterocycles. The smallest absolute Gasteiger partial charge is 0.252 e. The second-order valence-corrected chi connectivity index (χ2v) is 6.68. The first-order chi connectivity index (χ1) is 14.0. The van der Waals surface area contributed by atoms with Crippen LogP contribution in [0.5, 0.6) is 11.5 Å². The molecule has 2 amide bonds. The van der Waals surface area contributed by atoms with E-state index in [1.54, 1.807) is 36.4 Å². The van der Waals surface area contributed by atoms with Crippen molar-refractivity contribution in [3.8, 4) is 11.5 Å². The molecule has 0 radical (unpaired) electrons. The van der Waals surface area contributed by atoms with Crippen molar-refractivity contribution >= 4 is 29.6 Å². The van der Waals surface area contributed by atoms with Crippen molar-refractivity contribution in [2.75, 3.05) is 13.7 Å². The summed E-state index contributed by atoms with van der Waals surface area (Å²) < 4.78 is 5.01. The Kier molecular flexibility index (Phi) is 8.98. The van der Waals surface area contributed by atoms with Gasteiger partial charge in [0.1, 0.15) is 0 Å². The number of phenolic OH excluding ortho intramolecular Hbond substituents is 1. The lowest BCUT2D eigenvalue weighted by molar-refractivity contribution is -0.121. The molecule has 2 aromatic carbocycles. The fourth-order valence-corrected chi connectivity index (χ4v) is 2.76. The van der Waals surface area contributed by atoms with Crippen molar-refractivity contribution in [3.63, 3.8) is 0 Å². The van der Waals surface area contributed by atoms with Gasteiger partial charge in [-0.3, -0.25) is 9.59 Å². The highest BCUT2D eigenvalue weighted by Crippen LogP contribution is 2.25. The van der Waals surface area contributed by atoms with Crippen LogP contribution in [-0.2, 0) is 4.79 Å². The number of rotatable bonds is 10. The van der Waals surface area contributed by atoms with Crippen LogP contribution in [0.25, 0.3) is 0 Å². The number of carbonyl (C=O) groups is 2. The van der Waals surface area contributed by atoms with E-state index in [1.165, 1.54) is 19.4 Å². The van der Waals surface area contributed by atoms with E-state index in [1.807, 2.05) is 0 Å². The lowest BCUT2D eigenvalue weighted by Gasteiger charge is -2.06. The highest BCUT2D eigenvalue weighted by molar-refractivity contribution is 6.33. The number of carbonyl (C=O) groups excluding carboxylic acids is 2. The molecule has 154 valence electrons. The fraction of sp³-hybridized carbons (Fsp3) is 0.286. The third kappa shape index (κ3) is 7.46. The van der Waals surface area contributed by atoms with Gasteiger partial charge in [0.05, 0.1) is 23.9 Å². The summed E-state index contributed by atoms with van der Waals surface area (Å²) in [6.07, 6.45) is 4.07. The molecule has 29 heavy (non-hydrogen) atoms. The summed E-state index contributed by atoms with van der Waals surface area (Å²) in [6, 6.07) is 11.7. The topological polar surface area (TPSA) is 100 Å². The molecule has 7 nitrogen and oxygen atoms in total. The van der Waals surface area contributed by atoms with E-state index in [4.69, 9.17) is 16.3 Å². The molecule has 0 atom stereocenters. The first kappa shape index (κ1) is 22.2. The number of ether oxygens (including phenoxy) is 1. The molecule has 0 saturated heterocycles. The second-order valence-electron chi connectivity index (χ2n) is 6.27. The van der Waals surface area contributed by atoms with E-state index in [0.29, 0.717) is 41.3 Å². The van der Waals surface area contributed by atoms with Gasteiger partial charge in [-0.05, 0) is 48.7 Å². The minimum absolute atomic E-state index is 0.0386.